The summed E-state index contributed by atoms with van der Waals surface area (Å²) in [6.07, 6.45) is 4.68. The van der Waals surface area contributed by atoms with Crippen LogP contribution in [-0.4, -0.2) is 8.80 Å². The van der Waals surface area contributed by atoms with Crippen LogP contribution in [0.25, 0.3) is 43.1 Å². The summed E-state index contributed by atoms with van der Waals surface area (Å²) >= 11 is 0. The molecule has 0 fully saturated rings. The number of benzene rings is 5. The summed E-state index contributed by atoms with van der Waals surface area (Å²) in [5, 5.41) is 16.5. The van der Waals surface area contributed by atoms with E-state index in [-0.39, 0.29) is 48.5 Å². The molecular formula is C41H38SiZr-5. The molecule has 7 aromatic carbocycles. The molecule has 0 nitrogen and oxygen atoms in total. The van der Waals surface area contributed by atoms with Gasteiger partial charge in [-0.05, 0) is 47.6 Å². The Morgan fingerprint density at radius 1 is 0.488 bits per heavy atom. The second-order valence-corrected chi connectivity index (χ2v) is 14.1. The van der Waals surface area contributed by atoms with E-state index in [1.807, 2.05) is 0 Å². The molecule has 2 heteroatoms. The zero-order chi connectivity index (χ0) is 25.8. The van der Waals surface area contributed by atoms with Crippen molar-refractivity contribution in [3.63, 3.8) is 0 Å². The fraction of sp³-hybridized carbons (Fsp3) is 0.146. The van der Waals surface area contributed by atoms with Gasteiger partial charge < -0.3 is 22.3 Å². The predicted molar refractivity (Wildman–Crippen MR) is 189 cm³/mol. The van der Waals surface area contributed by atoms with Crippen molar-refractivity contribution in [3.05, 3.63) is 147 Å². The fourth-order valence-corrected chi connectivity index (χ4v) is 11.3. The van der Waals surface area contributed by atoms with E-state index in [1.54, 1.807) is 21.5 Å². The molecule has 0 aromatic heterocycles. The van der Waals surface area contributed by atoms with Gasteiger partial charge in [0.25, 0.3) is 0 Å². The van der Waals surface area contributed by atoms with Gasteiger partial charge in [-0.1, -0.05) is 108 Å². The average molecular weight is 650 g/mol. The van der Waals surface area contributed by atoms with Crippen LogP contribution in [0.15, 0.2) is 91.0 Å². The Hall–Kier alpha value is -3.06. The summed E-state index contributed by atoms with van der Waals surface area (Å²) in [5.74, 6) is 0. The molecule has 2 aliphatic rings. The monoisotopic (exact) mass is 648 g/mol. The third-order valence-electron chi connectivity index (χ3n) is 9.68. The van der Waals surface area contributed by atoms with Crippen LogP contribution in [0.2, 0.25) is 0 Å². The van der Waals surface area contributed by atoms with Crippen molar-refractivity contribution >= 4 is 67.4 Å². The van der Waals surface area contributed by atoms with Crippen molar-refractivity contribution in [1.29, 1.82) is 0 Å². The molecule has 1 radical (unpaired) electrons. The molecule has 0 heterocycles. The first-order chi connectivity index (χ1) is 19.2. The van der Waals surface area contributed by atoms with Crippen molar-refractivity contribution in [3.8, 4) is 0 Å². The summed E-state index contributed by atoms with van der Waals surface area (Å²) in [5.41, 5.74) is 9.05. The normalized spacial score (nSPS) is 12.9. The van der Waals surface area contributed by atoms with Gasteiger partial charge in [0.15, 0.2) is 0 Å². The molecule has 2 aliphatic carbocycles. The Morgan fingerprint density at radius 2 is 0.930 bits per heavy atom. The van der Waals surface area contributed by atoms with E-state index in [4.69, 9.17) is 0 Å². The molecule has 0 N–H and O–H groups in total. The van der Waals surface area contributed by atoms with E-state index in [1.165, 1.54) is 96.2 Å². The summed E-state index contributed by atoms with van der Waals surface area (Å²) in [4.78, 5) is 0. The first kappa shape index (κ1) is 31.4. The van der Waals surface area contributed by atoms with Crippen LogP contribution in [0.1, 0.15) is 33.4 Å². The Bertz CT molecular complexity index is 2000. The van der Waals surface area contributed by atoms with E-state index < -0.39 is 8.80 Å². The summed E-state index contributed by atoms with van der Waals surface area (Å²) in [6.45, 7) is 4.73. The van der Waals surface area contributed by atoms with Crippen molar-refractivity contribution < 1.29 is 26.2 Å². The molecule has 0 bridgehead atoms. The smallest absolute Gasteiger partial charge is 0.0506 e. The van der Waals surface area contributed by atoms with Crippen LogP contribution in [0, 0.1) is 36.1 Å². The van der Waals surface area contributed by atoms with E-state index in [0.717, 1.165) is 0 Å². The van der Waals surface area contributed by atoms with Crippen LogP contribution >= 0.6 is 0 Å². The minimum Gasteiger partial charge on any atom is -0.358 e. The van der Waals surface area contributed by atoms with E-state index >= 15 is 0 Å². The fourth-order valence-electron chi connectivity index (χ4n) is 8.10. The predicted octanol–water partition coefficient (Wildman–Crippen LogP) is 8.42. The summed E-state index contributed by atoms with van der Waals surface area (Å²) < 4.78 is 0. The minimum atomic E-state index is -1.25. The van der Waals surface area contributed by atoms with Gasteiger partial charge in [-0.3, -0.25) is 0 Å². The van der Waals surface area contributed by atoms with Gasteiger partial charge in [-0.15, -0.1) is 55.2 Å². The SMILES string of the molecule is Cc1cc2c3cccc4c3c(cc2[c-]1[Si](c1ccccc1)[c-]1c(C)cc2c3cccc5c3c(cc21)CC5)CC4.[CH3-].[CH3-].[CH3-].[Zr]. The molecule has 0 saturated carbocycles. The molecule has 0 unspecified atom stereocenters. The largest absolute Gasteiger partial charge is 0.358 e. The molecule has 0 aliphatic heterocycles. The average Bonchev–Trinajstić information content (AvgIpc) is 3.72. The van der Waals surface area contributed by atoms with Crippen LogP contribution in [0.4, 0.5) is 0 Å². The second kappa shape index (κ2) is 11.5. The first-order valence-electron chi connectivity index (χ1n) is 14.4. The Morgan fingerprint density at radius 3 is 1.40 bits per heavy atom. The maximum absolute atomic E-state index is 2.58. The van der Waals surface area contributed by atoms with Crippen LogP contribution < -0.4 is 15.6 Å². The molecule has 0 saturated heterocycles. The van der Waals surface area contributed by atoms with Crippen LogP contribution in [0.3, 0.4) is 0 Å². The van der Waals surface area contributed by atoms with Gasteiger partial charge >= 0.3 is 0 Å². The van der Waals surface area contributed by atoms with Crippen LogP contribution in [0.5, 0.6) is 0 Å². The van der Waals surface area contributed by atoms with E-state index in [0.29, 0.717) is 0 Å². The molecule has 7 aromatic rings. The zero-order valence-corrected chi connectivity index (χ0v) is 29.4. The maximum Gasteiger partial charge on any atom is 0.0506 e. The van der Waals surface area contributed by atoms with Crippen molar-refractivity contribution in [2.24, 2.45) is 0 Å². The van der Waals surface area contributed by atoms with Crippen molar-refractivity contribution in [2.75, 3.05) is 0 Å². The summed E-state index contributed by atoms with van der Waals surface area (Å²) in [7, 11) is -1.25. The molecule has 0 atom stereocenters. The number of hydrogen-bond donors (Lipinski definition) is 0. The number of rotatable bonds is 3. The third kappa shape index (κ3) is 4.32. The van der Waals surface area contributed by atoms with Gasteiger partial charge in [-0.2, -0.15) is 12.1 Å². The van der Waals surface area contributed by atoms with E-state index in [2.05, 4.69) is 105 Å². The van der Waals surface area contributed by atoms with Gasteiger partial charge in [0.2, 0.25) is 0 Å². The van der Waals surface area contributed by atoms with Crippen molar-refractivity contribution in [2.45, 2.75) is 39.5 Å². The molecule has 43 heavy (non-hydrogen) atoms. The third-order valence-corrected chi connectivity index (χ3v) is 12.9. The molecule has 215 valence electrons. The number of hydrogen-bond acceptors (Lipinski definition) is 0. The first-order valence-corrected chi connectivity index (χ1v) is 15.9. The van der Waals surface area contributed by atoms with Gasteiger partial charge in [0, 0.05) is 26.2 Å². The number of aryl methyl sites for hydroxylation is 6. The Kier molecular flexibility index (Phi) is 8.36. The number of fused-ring (bicyclic) bond motifs is 4. The van der Waals surface area contributed by atoms with Gasteiger partial charge in [-0.25, -0.2) is 0 Å². The topological polar surface area (TPSA) is 0 Å². The molecule has 0 amide bonds. The van der Waals surface area contributed by atoms with Crippen LogP contribution in [-0.2, 0) is 51.9 Å². The Balaban J connectivity index is 0.000000920. The van der Waals surface area contributed by atoms with Gasteiger partial charge in [0.05, 0.1) is 8.80 Å². The molecule has 0 spiro atoms. The standard InChI is InChI=1S/C38H29Si.3CH3.Zr/c1-22-18-31-29-12-6-8-24-14-16-26(35(24)29)20-33(31)37(22)39(28-10-4-3-5-11-28)38-23(2)19-32-30-13-7-9-25-15-17-27(36(25)30)21-34(32)38;;;;/h3-13,18-21H,14-17H2,1-2H3;3*1H3;/q-2;3*-1;. The Labute approximate surface area is 278 Å². The summed E-state index contributed by atoms with van der Waals surface area (Å²) in [6, 6.07) is 35.5. The quantitative estimate of drug-likeness (QED) is 0.133. The van der Waals surface area contributed by atoms with Crippen molar-refractivity contribution in [1.82, 2.24) is 0 Å². The zero-order valence-electron chi connectivity index (χ0n) is 26.0. The second-order valence-electron chi connectivity index (χ2n) is 11.8. The van der Waals surface area contributed by atoms with Gasteiger partial charge in [0.1, 0.15) is 0 Å². The molecule has 9 rings (SSSR count). The minimum absolute atomic E-state index is 0. The molecular weight excluding hydrogens is 612 g/mol. The van der Waals surface area contributed by atoms with E-state index in [9.17, 15) is 0 Å². The maximum atomic E-state index is 2.58.